The molecule has 0 aliphatic carbocycles. The van der Waals surface area contributed by atoms with Crippen molar-refractivity contribution in [1.29, 1.82) is 5.26 Å². The summed E-state index contributed by atoms with van der Waals surface area (Å²) in [6.45, 7) is 2.60. The first-order chi connectivity index (χ1) is 15.3. The molecular formula is C24H18BrNO6. The molecular weight excluding hydrogens is 478 g/mol. The monoisotopic (exact) mass is 495 g/mol. The molecule has 0 fully saturated rings. The molecule has 0 aliphatic heterocycles. The number of rotatable bonds is 7. The van der Waals surface area contributed by atoms with Crippen molar-refractivity contribution >= 4 is 27.9 Å². The molecule has 8 heteroatoms. The van der Waals surface area contributed by atoms with Gasteiger partial charge < -0.3 is 18.9 Å². The molecule has 7 nitrogen and oxygen atoms in total. The van der Waals surface area contributed by atoms with Gasteiger partial charge in [0.25, 0.3) is 0 Å². The summed E-state index contributed by atoms with van der Waals surface area (Å²) >= 11 is 3.33. The highest BCUT2D eigenvalue weighted by Gasteiger charge is 2.12. The molecule has 3 aromatic carbocycles. The maximum Gasteiger partial charge on any atom is 0.308 e. The van der Waals surface area contributed by atoms with Crippen LogP contribution in [0.15, 0.2) is 65.1 Å². The van der Waals surface area contributed by atoms with Crippen LogP contribution in [-0.2, 0) is 20.9 Å². The van der Waals surface area contributed by atoms with E-state index in [-0.39, 0.29) is 6.61 Å². The molecule has 0 N–H and O–H groups in total. The Labute approximate surface area is 193 Å². The molecule has 0 bridgehead atoms. The largest absolute Gasteiger partial charge is 0.461 e. The SMILES string of the molecule is CC(=O)OCc1cc(Oc2ccc(C#N)cc2)ccc1Oc1ccc(Br)c(OC(C)=O)c1. The van der Waals surface area contributed by atoms with Gasteiger partial charge in [0.05, 0.1) is 16.1 Å². The molecule has 0 heterocycles. The molecule has 32 heavy (non-hydrogen) atoms. The zero-order chi connectivity index (χ0) is 23.1. The van der Waals surface area contributed by atoms with Crippen molar-refractivity contribution in [1.82, 2.24) is 0 Å². The Balaban J connectivity index is 1.86. The van der Waals surface area contributed by atoms with Crippen LogP contribution in [0.2, 0.25) is 0 Å². The molecule has 0 unspecified atom stereocenters. The number of hydrogen-bond acceptors (Lipinski definition) is 7. The number of carbonyl (C=O) groups excluding carboxylic acids is 2. The van der Waals surface area contributed by atoms with Gasteiger partial charge in [-0.1, -0.05) is 0 Å². The van der Waals surface area contributed by atoms with Crippen LogP contribution in [0, 0.1) is 11.3 Å². The number of esters is 2. The average molecular weight is 496 g/mol. The normalized spacial score (nSPS) is 10.1. The van der Waals surface area contributed by atoms with Gasteiger partial charge in [0.1, 0.15) is 35.4 Å². The molecule has 0 spiro atoms. The van der Waals surface area contributed by atoms with Gasteiger partial charge in [-0.3, -0.25) is 9.59 Å². The van der Waals surface area contributed by atoms with Crippen molar-refractivity contribution in [2.75, 3.05) is 0 Å². The predicted octanol–water partition coefficient (Wildman–Crippen LogP) is 5.89. The Morgan fingerprint density at radius 1 is 0.844 bits per heavy atom. The summed E-state index contributed by atoms with van der Waals surface area (Å²) in [6, 6.07) is 18.8. The van der Waals surface area contributed by atoms with E-state index in [0.717, 1.165) is 0 Å². The van der Waals surface area contributed by atoms with E-state index >= 15 is 0 Å². The van der Waals surface area contributed by atoms with Gasteiger partial charge in [-0.2, -0.15) is 5.26 Å². The van der Waals surface area contributed by atoms with Gasteiger partial charge in [-0.25, -0.2) is 0 Å². The van der Waals surface area contributed by atoms with Gasteiger partial charge in [-0.05, 0) is 70.5 Å². The first-order valence-electron chi connectivity index (χ1n) is 9.44. The Hall–Kier alpha value is -3.83. The lowest BCUT2D eigenvalue weighted by molar-refractivity contribution is -0.142. The molecule has 162 valence electrons. The number of nitriles is 1. The smallest absolute Gasteiger partial charge is 0.308 e. The Bertz CT molecular complexity index is 1180. The fourth-order valence-corrected chi connectivity index (χ4v) is 2.98. The standard InChI is InChI=1S/C24H18BrNO6/c1-15(27)29-14-18-11-20(31-19-5-3-17(13-26)4-6-19)8-10-23(18)32-21-7-9-22(25)24(12-21)30-16(2)28/h3-12H,14H2,1-2H3. The van der Waals surface area contributed by atoms with Crippen LogP contribution in [0.25, 0.3) is 0 Å². The molecule has 0 radical (unpaired) electrons. The minimum absolute atomic E-state index is 0.0252. The van der Waals surface area contributed by atoms with Crippen LogP contribution < -0.4 is 14.2 Å². The van der Waals surface area contributed by atoms with E-state index in [1.807, 2.05) is 0 Å². The minimum Gasteiger partial charge on any atom is -0.461 e. The molecule has 0 aromatic heterocycles. The lowest BCUT2D eigenvalue weighted by Crippen LogP contribution is -2.03. The highest BCUT2D eigenvalue weighted by atomic mass is 79.9. The number of hydrogen-bond donors (Lipinski definition) is 0. The first kappa shape index (κ1) is 22.8. The van der Waals surface area contributed by atoms with Crippen LogP contribution in [0.3, 0.4) is 0 Å². The van der Waals surface area contributed by atoms with Crippen molar-refractivity contribution in [3.63, 3.8) is 0 Å². The summed E-state index contributed by atoms with van der Waals surface area (Å²) in [5, 5.41) is 8.91. The van der Waals surface area contributed by atoms with Gasteiger partial charge in [0.2, 0.25) is 0 Å². The third-order valence-corrected chi connectivity index (χ3v) is 4.72. The number of benzene rings is 3. The van der Waals surface area contributed by atoms with E-state index in [2.05, 4.69) is 22.0 Å². The highest BCUT2D eigenvalue weighted by Crippen LogP contribution is 2.35. The van der Waals surface area contributed by atoms with E-state index in [1.165, 1.54) is 13.8 Å². The van der Waals surface area contributed by atoms with E-state index in [4.69, 9.17) is 24.2 Å². The maximum atomic E-state index is 11.3. The fourth-order valence-electron chi connectivity index (χ4n) is 2.65. The molecule has 0 atom stereocenters. The van der Waals surface area contributed by atoms with Crippen molar-refractivity contribution in [2.24, 2.45) is 0 Å². The Morgan fingerprint density at radius 2 is 1.50 bits per heavy atom. The number of carbonyl (C=O) groups is 2. The lowest BCUT2D eigenvalue weighted by Gasteiger charge is -2.14. The second-order valence-electron chi connectivity index (χ2n) is 6.58. The molecule has 0 amide bonds. The quantitative estimate of drug-likeness (QED) is 0.297. The maximum absolute atomic E-state index is 11.3. The van der Waals surface area contributed by atoms with Crippen molar-refractivity contribution in [3.05, 3.63) is 76.3 Å². The van der Waals surface area contributed by atoms with Crippen LogP contribution >= 0.6 is 15.9 Å². The van der Waals surface area contributed by atoms with E-state index in [0.29, 0.717) is 44.3 Å². The third kappa shape index (κ3) is 6.33. The summed E-state index contributed by atoms with van der Waals surface area (Å²) in [6.07, 6.45) is 0. The molecule has 0 saturated heterocycles. The van der Waals surface area contributed by atoms with Crippen LogP contribution in [0.1, 0.15) is 25.0 Å². The summed E-state index contributed by atoms with van der Waals surface area (Å²) in [7, 11) is 0. The summed E-state index contributed by atoms with van der Waals surface area (Å²) in [5.41, 5.74) is 1.10. The summed E-state index contributed by atoms with van der Waals surface area (Å²) in [5.74, 6) is 1.34. The van der Waals surface area contributed by atoms with E-state index in [9.17, 15) is 9.59 Å². The second-order valence-corrected chi connectivity index (χ2v) is 7.43. The summed E-state index contributed by atoms with van der Waals surface area (Å²) in [4.78, 5) is 22.6. The van der Waals surface area contributed by atoms with Crippen molar-refractivity contribution < 1.29 is 28.5 Å². The second kappa shape index (κ2) is 10.5. The molecule has 0 saturated carbocycles. The van der Waals surface area contributed by atoms with Gasteiger partial charge in [0, 0.05) is 25.5 Å². The predicted molar refractivity (Wildman–Crippen MR) is 119 cm³/mol. The zero-order valence-corrected chi connectivity index (χ0v) is 18.8. The molecule has 3 aromatic rings. The lowest BCUT2D eigenvalue weighted by atomic mass is 10.2. The van der Waals surface area contributed by atoms with Gasteiger partial charge in [0.15, 0.2) is 0 Å². The number of halogens is 1. The Kier molecular flexibility index (Phi) is 7.47. The number of nitrogens with zero attached hydrogens (tertiary/aromatic N) is 1. The van der Waals surface area contributed by atoms with Crippen molar-refractivity contribution in [3.8, 4) is 34.8 Å². The van der Waals surface area contributed by atoms with Crippen LogP contribution in [0.4, 0.5) is 0 Å². The fraction of sp³-hybridized carbons (Fsp3) is 0.125. The topological polar surface area (TPSA) is 94.8 Å². The average Bonchev–Trinajstić information content (AvgIpc) is 2.76. The van der Waals surface area contributed by atoms with Gasteiger partial charge in [-0.15, -0.1) is 0 Å². The number of ether oxygens (including phenoxy) is 4. The van der Waals surface area contributed by atoms with Crippen LogP contribution in [0.5, 0.6) is 28.7 Å². The molecule has 3 rings (SSSR count). The van der Waals surface area contributed by atoms with E-state index < -0.39 is 11.9 Å². The summed E-state index contributed by atoms with van der Waals surface area (Å²) < 4.78 is 22.7. The highest BCUT2D eigenvalue weighted by molar-refractivity contribution is 9.10. The zero-order valence-electron chi connectivity index (χ0n) is 17.3. The van der Waals surface area contributed by atoms with Crippen LogP contribution in [-0.4, -0.2) is 11.9 Å². The van der Waals surface area contributed by atoms with Crippen molar-refractivity contribution in [2.45, 2.75) is 20.5 Å². The van der Waals surface area contributed by atoms with Gasteiger partial charge >= 0.3 is 11.9 Å². The van der Waals surface area contributed by atoms with E-state index in [1.54, 1.807) is 60.7 Å². The third-order valence-electron chi connectivity index (χ3n) is 4.07. The Morgan fingerprint density at radius 3 is 2.16 bits per heavy atom. The minimum atomic E-state index is -0.456. The molecule has 0 aliphatic rings. The first-order valence-corrected chi connectivity index (χ1v) is 10.2.